The van der Waals surface area contributed by atoms with E-state index >= 15 is 0 Å². The fraction of sp³-hybridized carbons (Fsp3) is 0.479. The molecule has 338 valence electrons. The molecule has 0 spiro atoms. The Bertz CT molecular complexity index is 2490. The average molecular weight is 867 g/mol. The molecule has 2 aliphatic heterocycles. The standard InChI is InChI=1S/C48H62N6O9/c1-13-29-25(3)34-22-36-27(5)31(18-19-40(55)52-33(45(57)61-11)17-15-16-20-49-47(59)63-48(7,8)9)43(53-36)32(21-41(56)60-10)44-42(46(58)62-12)28(6)37(54-44)24-39-30(14-2)26(4)35(51-39)23-38(29)50-34/h13,22-24,27,31,33,51,54H,1,14-21H2,2-12H3,(H,49,59)(H,52,55)/t27-,31-,33-/m0/s1. The van der Waals surface area contributed by atoms with Crippen molar-refractivity contribution in [1.82, 2.24) is 30.6 Å². The van der Waals surface area contributed by atoms with E-state index in [4.69, 9.17) is 28.9 Å². The molecule has 15 nitrogen and oxygen atoms in total. The van der Waals surface area contributed by atoms with Gasteiger partial charge in [0.1, 0.15) is 11.6 Å². The number of carbonyl (C=O) groups is 5. The highest BCUT2D eigenvalue weighted by Gasteiger charge is 2.35. The van der Waals surface area contributed by atoms with Gasteiger partial charge in [0, 0.05) is 58.2 Å². The molecule has 63 heavy (non-hydrogen) atoms. The molecule has 0 unspecified atom stereocenters. The van der Waals surface area contributed by atoms with Crippen molar-refractivity contribution >= 4 is 63.1 Å². The van der Waals surface area contributed by atoms with Crippen molar-refractivity contribution in [3.63, 3.8) is 0 Å². The second kappa shape index (κ2) is 20.3. The average Bonchev–Trinajstić information content (AvgIpc) is 3.92. The molecule has 3 aromatic rings. The second-order valence-electron chi connectivity index (χ2n) is 17.0. The number of aryl methyl sites for hydroxylation is 3. The Labute approximate surface area is 368 Å². The summed E-state index contributed by atoms with van der Waals surface area (Å²) in [5, 5.41) is 5.56. The van der Waals surface area contributed by atoms with Gasteiger partial charge < -0.3 is 39.5 Å². The highest BCUT2D eigenvalue weighted by Crippen LogP contribution is 2.43. The number of aromatic amines is 2. The minimum absolute atomic E-state index is 0.00536. The lowest BCUT2D eigenvalue weighted by Crippen LogP contribution is -2.41. The van der Waals surface area contributed by atoms with Crippen LogP contribution in [0.2, 0.25) is 0 Å². The third kappa shape index (κ3) is 10.9. The third-order valence-corrected chi connectivity index (χ3v) is 11.8. The highest BCUT2D eigenvalue weighted by molar-refractivity contribution is 6.03. The number of unbranched alkanes of at least 4 members (excludes halogenated alkanes) is 1. The summed E-state index contributed by atoms with van der Waals surface area (Å²) < 4.78 is 20.9. The van der Waals surface area contributed by atoms with E-state index in [9.17, 15) is 24.0 Å². The van der Waals surface area contributed by atoms with Crippen LogP contribution >= 0.6 is 0 Å². The van der Waals surface area contributed by atoms with Gasteiger partial charge in [-0.1, -0.05) is 26.5 Å². The maximum absolute atomic E-state index is 13.8. The number of carbonyl (C=O) groups excluding carboxylic acids is 5. The predicted octanol–water partition coefficient (Wildman–Crippen LogP) is 8.13. The smallest absolute Gasteiger partial charge is 0.407 e. The van der Waals surface area contributed by atoms with Gasteiger partial charge in [0.05, 0.1) is 55.9 Å². The number of nitrogens with zero attached hydrogens (tertiary/aromatic N) is 2. The van der Waals surface area contributed by atoms with Crippen LogP contribution in [0.25, 0.3) is 33.2 Å². The number of hydrogen-bond acceptors (Lipinski definition) is 11. The number of rotatable bonds is 15. The van der Waals surface area contributed by atoms with E-state index in [0.29, 0.717) is 58.6 Å². The monoisotopic (exact) mass is 866 g/mol. The molecule has 0 radical (unpaired) electrons. The van der Waals surface area contributed by atoms with E-state index in [1.807, 2.05) is 39.0 Å². The number of alkyl carbamates (subject to hydrolysis) is 1. The van der Waals surface area contributed by atoms with Crippen molar-refractivity contribution < 1.29 is 42.9 Å². The van der Waals surface area contributed by atoms with Crippen LogP contribution in [-0.4, -0.2) is 89.4 Å². The number of H-pyrrole nitrogens is 2. The number of amides is 2. The van der Waals surface area contributed by atoms with Crippen molar-refractivity contribution in [1.29, 1.82) is 0 Å². The lowest BCUT2D eigenvalue weighted by atomic mass is 9.84. The van der Waals surface area contributed by atoms with Crippen LogP contribution in [0.1, 0.15) is 141 Å². The Hall–Kier alpha value is -6.25. The predicted molar refractivity (Wildman–Crippen MR) is 242 cm³/mol. The molecule has 2 amide bonds. The highest BCUT2D eigenvalue weighted by atomic mass is 16.6. The van der Waals surface area contributed by atoms with Crippen LogP contribution in [-0.2, 0) is 46.2 Å². The van der Waals surface area contributed by atoms with Crippen molar-refractivity contribution in [3.05, 3.63) is 81.4 Å². The molecule has 5 rings (SSSR count). The maximum atomic E-state index is 13.8. The lowest BCUT2D eigenvalue weighted by molar-refractivity contribution is -0.145. The number of fused-ring (bicyclic) bond motifs is 8. The van der Waals surface area contributed by atoms with Crippen LogP contribution in [0.3, 0.4) is 0 Å². The quantitative estimate of drug-likeness (QED) is 0.0652. The van der Waals surface area contributed by atoms with Crippen molar-refractivity contribution in [2.24, 2.45) is 0 Å². The molecular weight excluding hydrogens is 805 g/mol. The normalized spacial score (nSPS) is 15.3. The molecule has 15 heteroatoms. The van der Waals surface area contributed by atoms with Gasteiger partial charge in [-0.2, -0.15) is 0 Å². The van der Waals surface area contributed by atoms with E-state index in [0.717, 1.165) is 45.4 Å². The molecule has 5 heterocycles. The molecule has 2 aliphatic rings. The van der Waals surface area contributed by atoms with Crippen LogP contribution in [0.4, 0.5) is 4.79 Å². The summed E-state index contributed by atoms with van der Waals surface area (Å²) >= 11 is 0. The van der Waals surface area contributed by atoms with Gasteiger partial charge in [-0.05, 0) is 114 Å². The zero-order valence-electron chi connectivity index (χ0n) is 38.5. The molecule has 0 saturated carbocycles. The summed E-state index contributed by atoms with van der Waals surface area (Å²) in [6.07, 6.45) is 3.35. The van der Waals surface area contributed by atoms with Crippen molar-refractivity contribution in [3.8, 4) is 0 Å². The Morgan fingerprint density at radius 3 is 2.24 bits per heavy atom. The summed E-state index contributed by atoms with van der Waals surface area (Å²) in [6.45, 7) is 19.7. The lowest BCUT2D eigenvalue weighted by Gasteiger charge is -2.20. The zero-order valence-corrected chi connectivity index (χ0v) is 38.5. The Morgan fingerprint density at radius 1 is 0.889 bits per heavy atom. The largest absolute Gasteiger partial charge is 0.469 e. The van der Waals surface area contributed by atoms with E-state index < -0.39 is 41.6 Å². The van der Waals surface area contributed by atoms with Gasteiger partial charge in [0.2, 0.25) is 5.91 Å². The van der Waals surface area contributed by atoms with E-state index in [-0.39, 0.29) is 43.1 Å². The molecule has 0 fully saturated rings. The summed E-state index contributed by atoms with van der Waals surface area (Å²) in [7, 11) is 3.87. The molecule has 4 N–H and O–H groups in total. The Morgan fingerprint density at radius 2 is 1.60 bits per heavy atom. The van der Waals surface area contributed by atoms with Crippen LogP contribution in [0.15, 0.2) is 30.9 Å². The van der Waals surface area contributed by atoms with E-state index in [1.54, 1.807) is 26.8 Å². The maximum Gasteiger partial charge on any atom is 0.407 e. The van der Waals surface area contributed by atoms with Gasteiger partial charge in [0.15, 0.2) is 0 Å². The van der Waals surface area contributed by atoms with Crippen LogP contribution in [0.5, 0.6) is 0 Å². The number of esters is 3. The zero-order chi connectivity index (χ0) is 46.3. The van der Waals surface area contributed by atoms with Gasteiger partial charge in [-0.3, -0.25) is 14.6 Å². The number of hydrogen-bond donors (Lipinski definition) is 4. The van der Waals surface area contributed by atoms with Gasteiger partial charge in [-0.15, -0.1) is 0 Å². The number of aromatic nitrogens is 4. The van der Waals surface area contributed by atoms with Crippen molar-refractivity contribution in [2.75, 3.05) is 27.9 Å². The van der Waals surface area contributed by atoms with Crippen molar-refractivity contribution in [2.45, 2.75) is 124 Å². The summed E-state index contributed by atoms with van der Waals surface area (Å²) in [6, 6.07) is 5.00. The van der Waals surface area contributed by atoms with Crippen LogP contribution in [0, 0.1) is 13.8 Å². The fourth-order valence-corrected chi connectivity index (χ4v) is 8.33. The number of ether oxygens (including phenoxy) is 4. The minimum atomic E-state index is -0.916. The first-order chi connectivity index (χ1) is 29.8. The van der Waals surface area contributed by atoms with E-state index in [2.05, 4.69) is 41.0 Å². The summed E-state index contributed by atoms with van der Waals surface area (Å²) in [4.78, 5) is 83.1. The van der Waals surface area contributed by atoms with Gasteiger partial charge in [0.25, 0.3) is 0 Å². The first kappa shape index (κ1) is 47.8. The Balaban J connectivity index is 1.63. The molecular formula is C48H62N6O9. The van der Waals surface area contributed by atoms with Gasteiger partial charge in [-0.25, -0.2) is 19.4 Å². The molecule has 3 aromatic heterocycles. The second-order valence-corrected chi connectivity index (χ2v) is 17.0. The SMILES string of the molecule is C=CC1=C(C)c2cc3nc(c(CC(=O)OC)c4[nH]c(cc5[nH]c(cc1n2)c(C)c5CC)c(C)c4C(=O)OC)[C@@H](CCC(=O)N[C@@H](CCCCNC(=O)OC(C)(C)C)C(=O)OC)[C@@H]3C. The number of nitrogens with one attached hydrogen (secondary N) is 4. The number of allylic oxidation sites excluding steroid dienone is 3. The molecule has 3 atom stereocenters. The van der Waals surface area contributed by atoms with E-state index in [1.165, 1.54) is 21.3 Å². The first-order valence-electron chi connectivity index (χ1n) is 21.4. The topological polar surface area (TPSA) is 204 Å². The summed E-state index contributed by atoms with van der Waals surface area (Å²) in [5.41, 5.74) is 9.96. The molecule has 0 aromatic carbocycles. The fourth-order valence-electron chi connectivity index (χ4n) is 8.33. The molecule has 8 bridgehead atoms. The third-order valence-electron chi connectivity index (χ3n) is 11.8. The number of methoxy groups -OCH3 is 3. The molecule has 0 saturated heterocycles. The minimum Gasteiger partial charge on any atom is -0.469 e. The summed E-state index contributed by atoms with van der Waals surface area (Å²) in [5.74, 6) is -2.84. The van der Waals surface area contributed by atoms with Crippen LogP contribution < -0.4 is 10.6 Å². The Kier molecular flexibility index (Phi) is 15.4. The first-order valence-corrected chi connectivity index (χ1v) is 21.4. The van der Waals surface area contributed by atoms with Gasteiger partial charge >= 0.3 is 24.0 Å². The molecule has 0 aliphatic carbocycles.